The van der Waals surface area contributed by atoms with Gasteiger partial charge in [0.25, 0.3) is 0 Å². The minimum Gasteiger partial charge on any atom is -0.383 e. The first-order valence-corrected chi connectivity index (χ1v) is 7.24. The van der Waals surface area contributed by atoms with Crippen molar-refractivity contribution in [3.05, 3.63) is 34.9 Å². The number of alkyl halides is 2. The second-order valence-corrected chi connectivity index (χ2v) is 6.69. The van der Waals surface area contributed by atoms with Crippen LogP contribution in [0.1, 0.15) is 24.2 Å². The largest absolute Gasteiger partial charge is 0.383 e. The number of aliphatic hydroxyl groups is 1. The Morgan fingerprint density at radius 3 is 2.18 bits per heavy atom. The number of hydrogen-bond donors (Lipinski definition) is 1. The monoisotopic (exact) mass is 382 g/mol. The van der Waals surface area contributed by atoms with Crippen LogP contribution in [0.4, 0.5) is 0 Å². The number of hydrogen-bond acceptors (Lipinski definition) is 2. The minimum absolute atomic E-state index is 0.210. The Hall–Kier alpha value is 0.1000. The van der Waals surface area contributed by atoms with Crippen LogP contribution in [-0.2, 0) is 4.79 Å². The molecule has 2 atom stereocenters. The maximum absolute atomic E-state index is 11.9. The molecule has 2 unspecified atom stereocenters. The first-order chi connectivity index (χ1) is 7.73. The summed E-state index contributed by atoms with van der Waals surface area (Å²) in [5, 5.41) is 10.3. The SMILES string of the molecule is CC(C)(O)C(=O)C(Br)C(Br)c1ccc(Cl)cc1. The Bertz CT molecular complexity index is 398. The fourth-order valence-corrected chi connectivity index (χ4v) is 2.82. The quantitative estimate of drug-likeness (QED) is 0.800. The summed E-state index contributed by atoms with van der Waals surface area (Å²) in [7, 11) is 0. The van der Waals surface area contributed by atoms with Crippen LogP contribution >= 0.6 is 43.5 Å². The van der Waals surface area contributed by atoms with Crippen LogP contribution in [0.3, 0.4) is 0 Å². The maximum Gasteiger partial charge on any atom is 0.178 e. The Morgan fingerprint density at radius 2 is 1.76 bits per heavy atom. The van der Waals surface area contributed by atoms with Crippen molar-refractivity contribution in [2.75, 3.05) is 0 Å². The van der Waals surface area contributed by atoms with Gasteiger partial charge in [0.15, 0.2) is 5.78 Å². The van der Waals surface area contributed by atoms with Crippen molar-refractivity contribution in [2.24, 2.45) is 0 Å². The van der Waals surface area contributed by atoms with E-state index in [1.807, 2.05) is 12.1 Å². The molecule has 0 aliphatic heterocycles. The predicted octanol–water partition coefficient (Wildman–Crippen LogP) is 3.88. The van der Waals surface area contributed by atoms with Gasteiger partial charge in [0.1, 0.15) is 5.60 Å². The molecule has 0 amide bonds. The van der Waals surface area contributed by atoms with Crippen LogP contribution in [-0.4, -0.2) is 21.3 Å². The molecule has 0 aliphatic carbocycles. The zero-order valence-corrected chi connectivity index (χ0v) is 13.4. The van der Waals surface area contributed by atoms with Gasteiger partial charge in [-0.05, 0) is 31.5 Å². The Morgan fingerprint density at radius 1 is 1.29 bits per heavy atom. The highest BCUT2D eigenvalue weighted by Gasteiger charge is 2.34. The molecule has 17 heavy (non-hydrogen) atoms. The molecule has 0 saturated heterocycles. The molecular weight excluding hydrogens is 371 g/mol. The number of Topliss-reactive ketones (excluding diaryl/α,β-unsaturated/α-hetero) is 1. The standard InChI is InChI=1S/C12H13Br2ClO2/c1-12(2,17)11(16)10(14)9(13)7-3-5-8(15)6-4-7/h3-6,9-10,17H,1-2H3. The number of halogens is 3. The summed E-state index contributed by atoms with van der Waals surface area (Å²) >= 11 is 12.6. The zero-order chi connectivity index (χ0) is 13.2. The number of carbonyl (C=O) groups is 1. The van der Waals surface area contributed by atoms with Gasteiger partial charge in [-0.3, -0.25) is 4.79 Å². The molecule has 1 rings (SSSR count). The molecule has 0 heterocycles. The topological polar surface area (TPSA) is 37.3 Å². The van der Waals surface area contributed by atoms with E-state index in [4.69, 9.17) is 11.6 Å². The lowest BCUT2D eigenvalue weighted by atomic mass is 9.97. The molecule has 1 aromatic carbocycles. The van der Waals surface area contributed by atoms with Gasteiger partial charge in [-0.25, -0.2) is 0 Å². The van der Waals surface area contributed by atoms with Crippen molar-refractivity contribution >= 4 is 49.2 Å². The van der Waals surface area contributed by atoms with Crippen LogP contribution in [0.5, 0.6) is 0 Å². The number of benzene rings is 1. The summed E-state index contributed by atoms with van der Waals surface area (Å²) in [4.78, 5) is 11.2. The minimum atomic E-state index is -1.35. The van der Waals surface area contributed by atoms with Gasteiger partial charge in [0.05, 0.1) is 9.65 Å². The molecule has 0 aromatic heterocycles. The van der Waals surface area contributed by atoms with Gasteiger partial charge < -0.3 is 5.11 Å². The molecule has 1 aromatic rings. The van der Waals surface area contributed by atoms with E-state index in [2.05, 4.69) is 31.9 Å². The summed E-state index contributed by atoms with van der Waals surface area (Å²) in [5.74, 6) is -0.269. The number of ketones is 1. The van der Waals surface area contributed by atoms with E-state index in [9.17, 15) is 9.90 Å². The van der Waals surface area contributed by atoms with Crippen LogP contribution in [0.2, 0.25) is 5.02 Å². The van der Waals surface area contributed by atoms with Crippen molar-refractivity contribution in [2.45, 2.75) is 29.1 Å². The van der Waals surface area contributed by atoms with E-state index in [-0.39, 0.29) is 10.6 Å². The molecular formula is C12H13Br2ClO2. The summed E-state index contributed by atoms with van der Waals surface area (Å²) in [5.41, 5.74) is -0.430. The van der Waals surface area contributed by atoms with Crippen molar-refractivity contribution < 1.29 is 9.90 Å². The van der Waals surface area contributed by atoms with E-state index in [1.165, 1.54) is 13.8 Å². The maximum atomic E-state index is 11.9. The third kappa shape index (κ3) is 4.05. The second-order valence-electron chi connectivity index (χ2n) is 4.28. The number of rotatable bonds is 4. The average molecular weight is 384 g/mol. The molecule has 1 N–H and O–H groups in total. The molecule has 0 fully saturated rings. The summed E-state index contributed by atoms with van der Waals surface area (Å²) in [6.07, 6.45) is 0. The molecule has 0 bridgehead atoms. The van der Waals surface area contributed by atoms with Crippen molar-refractivity contribution in [1.29, 1.82) is 0 Å². The van der Waals surface area contributed by atoms with Crippen LogP contribution in [0, 0.1) is 0 Å². The Labute approximate surface area is 123 Å². The van der Waals surface area contributed by atoms with E-state index in [0.717, 1.165) is 5.56 Å². The van der Waals surface area contributed by atoms with Gasteiger partial charge in [0, 0.05) is 5.02 Å². The second kappa shape index (κ2) is 5.83. The van der Waals surface area contributed by atoms with Crippen molar-refractivity contribution in [3.8, 4) is 0 Å². The lowest BCUT2D eigenvalue weighted by Gasteiger charge is -2.23. The zero-order valence-electron chi connectivity index (χ0n) is 9.45. The Balaban J connectivity index is 2.87. The summed E-state index contributed by atoms with van der Waals surface area (Å²) in [6.45, 7) is 2.95. The molecule has 0 aliphatic rings. The molecule has 0 saturated carbocycles. The van der Waals surface area contributed by atoms with E-state index in [0.29, 0.717) is 5.02 Å². The smallest absolute Gasteiger partial charge is 0.178 e. The highest BCUT2D eigenvalue weighted by molar-refractivity contribution is 9.12. The average Bonchev–Trinajstić information content (AvgIpc) is 2.26. The third-order valence-corrected chi connectivity index (χ3v) is 5.26. The molecule has 2 nitrogen and oxygen atoms in total. The summed E-state index contributed by atoms with van der Waals surface area (Å²) in [6, 6.07) is 7.21. The molecule has 0 radical (unpaired) electrons. The highest BCUT2D eigenvalue weighted by Crippen LogP contribution is 2.34. The number of carbonyl (C=O) groups excluding carboxylic acids is 1. The molecule has 94 valence electrons. The van der Waals surface area contributed by atoms with Crippen LogP contribution in [0.15, 0.2) is 24.3 Å². The molecule has 5 heteroatoms. The van der Waals surface area contributed by atoms with Crippen molar-refractivity contribution in [3.63, 3.8) is 0 Å². The van der Waals surface area contributed by atoms with Gasteiger partial charge in [-0.15, -0.1) is 0 Å². The Kier molecular flexibility index (Phi) is 5.20. The van der Waals surface area contributed by atoms with Crippen LogP contribution < -0.4 is 0 Å². The first-order valence-electron chi connectivity index (χ1n) is 5.04. The van der Waals surface area contributed by atoms with Crippen molar-refractivity contribution in [1.82, 2.24) is 0 Å². The lowest BCUT2D eigenvalue weighted by Crippen LogP contribution is -2.38. The van der Waals surface area contributed by atoms with E-state index in [1.54, 1.807) is 12.1 Å². The van der Waals surface area contributed by atoms with E-state index < -0.39 is 10.4 Å². The third-order valence-electron chi connectivity index (χ3n) is 2.30. The van der Waals surface area contributed by atoms with Gasteiger partial charge in [-0.1, -0.05) is 55.6 Å². The molecule has 0 spiro atoms. The fourth-order valence-electron chi connectivity index (χ4n) is 1.29. The summed E-state index contributed by atoms with van der Waals surface area (Å²) < 4.78 is 0. The van der Waals surface area contributed by atoms with Gasteiger partial charge in [-0.2, -0.15) is 0 Å². The fraction of sp³-hybridized carbons (Fsp3) is 0.417. The normalized spacial score (nSPS) is 15.4. The lowest BCUT2D eigenvalue weighted by molar-refractivity contribution is -0.133. The van der Waals surface area contributed by atoms with E-state index >= 15 is 0 Å². The van der Waals surface area contributed by atoms with Gasteiger partial charge in [0.2, 0.25) is 0 Å². The van der Waals surface area contributed by atoms with Gasteiger partial charge >= 0.3 is 0 Å². The first kappa shape index (κ1) is 15.2. The highest BCUT2D eigenvalue weighted by atomic mass is 79.9. The predicted molar refractivity (Wildman–Crippen MR) is 77.1 cm³/mol. The van der Waals surface area contributed by atoms with Crippen LogP contribution in [0.25, 0.3) is 0 Å².